The molecule has 1 saturated heterocycles. The topological polar surface area (TPSA) is 74.0 Å². The van der Waals surface area contributed by atoms with E-state index >= 15 is 0 Å². The number of rotatable bonds is 5. The minimum atomic E-state index is -0.0576. The van der Waals surface area contributed by atoms with E-state index in [0.29, 0.717) is 25.4 Å². The fourth-order valence-electron chi connectivity index (χ4n) is 3.37. The number of carbonyl (C=O) groups excluding carboxylic acids is 1. The summed E-state index contributed by atoms with van der Waals surface area (Å²) in [6, 6.07) is 13.6. The van der Waals surface area contributed by atoms with Crippen molar-refractivity contribution in [2.75, 3.05) is 32.7 Å². The van der Waals surface area contributed by atoms with Crippen molar-refractivity contribution in [1.29, 1.82) is 0 Å². The van der Waals surface area contributed by atoms with E-state index in [-0.39, 0.29) is 29.9 Å². The number of halogens is 1. The molecular formula is C22H26IN5O2S. The molecule has 31 heavy (non-hydrogen) atoms. The van der Waals surface area contributed by atoms with Crippen LogP contribution < -0.4 is 5.32 Å². The Morgan fingerprint density at radius 3 is 2.55 bits per heavy atom. The molecule has 1 fully saturated rings. The van der Waals surface area contributed by atoms with Crippen molar-refractivity contribution in [3.05, 3.63) is 64.9 Å². The lowest BCUT2D eigenvalue weighted by atomic mass is 10.2. The van der Waals surface area contributed by atoms with E-state index < -0.39 is 0 Å². The number of benzene rings is 1. The van der Waals surface area contributed by atoms with Crippen LogP contribution in [-0.4, -0.2) is 59.4 Å². The van der Waals surface area contributed by atoms with Crippen LogP contribution in [0.2, 0.25) is 0 Å². The Balaban J connectivity index is 0.00000272. The molecule has 1 N–H and O–H groups in total. The molecule has 2 aromatic heterocycles. The highest BCUT2D eigenvalue weighted by molar-refractivity contribution is 14.0. The predicted octanol–water partition coefficient (Wildman–Crippen LogP) is 3.94. The van der Waals surface area contributed by atoms with Crippen molar-refractivity contribution in [3.8, 4) is 11.3 Å². The van der Waals surface area contributed by atoms with Gasteiger partial charge in [0.2, 0.25) is 0 Å². The van der Waals surface area contributed by atoms with Crippen LogP contribution in [0.3, 0.4) is 0 Å². The number of guanidine groups is 1. The van der Waals surface area contributed by atoms with Gasteiger partial charge in [-0.05, 0) is 19.1 Å². The van der Waals surface area contributed by atoms with E-state index in [1.165, 1.54) is 6.26 Å². The number of hydrogen-bond donors (Lipinski definition) is 1. The summed E-state index contributed by atoms with van der Waals surface area (Å²) >= 11 is 1.63. The number of hydrogen-bond acceptors (Lipinski definition) is 5. The van der Waals surface area contributed by atoms with E-state index in [4.69, 9.17) is 14.4 Å². The van der Waals surface area contributed by atoms with Gasteiger partial charge in [-0.15, -0.1) is 35.3 Å². The maximum Gasteiger partial charge on any atom is 0.289 e. The van der Waals surface area contributed by atoms with Gasteiger partial charge < -0.3 is 19.5 Å². The van der Waals surface area contributed by atoms with Crippen molar-refractivity contribution in [1.82, 2.24) is 20.1 Å². The Hall–Kier alpha value is -2.40. The molecule has 1 aliphatic rings. The van der Waals surface area contributed by atoms with Crippen LogP contribution in [0.15, 0.2) is 63.5 Å². The fourth-order valence-corrected chi connectivity index (χ4v) is 4.10. The van der Waals surface area contributed by atoms with Gasteiger partial charge in [-0.2, -0.15) is 0 Å². The maximum atomic E-state index is 12.5. The monoisotopic (exact) mass is 551 g/mol. The number of piperazine rings is 1. The molecule has 3 aromatic rings. The van der Waals surface area contributed by atoms with Crippen molar-refractivity contribution < 1.29 is 9.21 Å². The summed E-state index contributed by atoms with van der Waals surface area (Å²) in [6.45, 7) is 6.11. The summed E-state index contributed by atoms with van der Waals surface area (Å²) in [6.07, 6.45) is 1.53. The van der Waals surface area contributed by atoms with Gasteiger partial charge in [-0.1, -0.05) is 30.3 Å². The predicted molar refractivity (Wildman–Crippen MR) is 134 cm³/mol. The first-order valence-electron chi connectivity index (χ1n) is 10.1. The standard InChI is InChI=1S/C22H25N5O2S.HI/c1-2-23-22(24-15-20-25-18(16-30-20)17-7-4-3-5-8-17)27-12-10-26(11-13-27)21(28)19-9-6-14-29-19;/h3-9,14,16H,2,10-13,15H2,1H3,(H,23,24);1H. The summed E-state index contributed by atoms with van der Waals surface area (Å²) in [5.74, 6) is 1.19. The molecule has 0 spiro atoms. The molecular weight excluding hydrogens is 525 g/mol. The van der Waals surface area contributed by atoms with Crippen LogP contribution in [0.5, 0.6) is 0 Å². The normalized spacial score (nSPS) is 14.3. The molecule has 0 atom stereocenters. The quantitative estimate of drug-likeness (QED) is 0.296. The first kappa shape index (κ1) is 23.3. The van der Waals surface area contributed by atoms with E-state index in [1.807, 2.05) is 23.1 Å². The molecule has 1 aliphatic heterocycles. The number of amides is 1. The maximum absolute atomic E-state index is 12.5. The Labute approximate surface area is 203 Å². The van der Waals surface area contributed by atoms with E-state index in [0.717, 1.165) is 41.9 Å². The SMILES string of the molecule is CCNC(=NCc1nc(-c2ccccc2)cs1)N1CCN(C(=O)c2ccco2)CC1.I. The summed E-state index contributed by atoms with van der Waals surface area (Å²) in [4.78, 5) is 26.0. The van der Waals surface area contributed by atoms with E-state index in [9.17, 15) is 4.79 Å². The van der Waals surface area contributed by atoms with Gasteiger partial charge in [0.25, 0.3) is 5.91 Å². The zero-order valence-electron chi connectivity index (χ0n) is 17.4. The van der Waals surface area contributed by atoms with Gasteiger partial charge in [0.05, 0.1) is 18.5 Å². The number of carbonyl (C=O) groups is 1. The zero-order chi connectivity index (χ0) is 20.8. The second-order valence-electron chi connectivity index (χ2n) is 6.92. The van der Waals surface area contributed by atoms with Crippen molar-refractivity contribution in [2.45, 2.75) is 13.5 Å². The van der Waals surface area contributed by atoms with Gasteiger partial charge >= 0.3 is 0 Å². The third kappa shape index (κ3) is 5.85. The molecule has 1 aromatic carbocycles. The molecule has 0 unspecified atom stereocenters. The Morgan fingerprint density at radius 2 is 1.87 bits per heavy atom. The van der Waals surface area contributed by atoms with Gasteiger partial charge in [0.1, 0.15) is 5.01 Å². The lowest BCUT2D eigenvalue weighted by Gasteiger charge is -2.36. The number of nitrogens with zero attached hydrogens (tertiary/aromatic N) is 4. The lowest BCUT2D eigenvalue weighted by molar-refractivity contribution is 0.0657. The highest BCUT2D eigenvalue weighted by atomic mass is 127. The van der Waals surface area contributed by atoms with Gasteiger partial charge in [-0.25, -0.2) is 9.98 Å². The van der Waals surface area contributed by atoms with Crippen molar-refractivity contribution >= 4 is 47.2 Å². The molecule has 1 amide bonds. The number of nitrogens with one attached hydrogen (secondary N) is 1. The van der Waals surface area contributed by atoms with Crippen LogP contribution >= 0.6 is 35.3 Å². The molecule has 0 aliphatic carbocycles. The molecule has 7 nitrogen and oxygen atoms in total. The van der Waals surface area contributed by atoms with Crippen molar-refractivity contribution in [2.24, 2.45) is 4.99 Å². The van der Waals surface area contributed by atoms with Crippen LogP contribution in [0.4, 0.5) is 0 Å². The molecule has 0 bridgehead atoms. The second kappa shape index (κ2) is 11.3. The average Bonchev–Trinajstić information content (AvgIpc) is 3.49. The van der Waals surface area contributed by atoms with Crippen LogP contribution in [0.1, 0.15) is 22.5 Å². The number of aromatic nitrogens is 1. The summed E-state index contributed by atoms with van der Waals surface area (Å²) in [7, 11) is 0. The third-order valence-corrected chi connectivity index (χ3v) is 5.75. The molecule has 9 heteroatoms. The number of thiazole rings is 1. The Morgan fingerprint density at radius 1 is 1.13 bits per heavy atom. The minimum absolute atomic E-state index is 0. The first-order chi connectivity index (χ1) is 14.7. The van der Waals surface area contributed by atoms with Crippen LogP contribution in [0, 0.1) is 0 Å². The molecule has 3 heterocycles. The highest BCUT2D eigenvalue weighted by Crippen LogP contribution is 2.22. The fraction of sp³-hybridized carbons (Fsp3) is 0.318. The zero-order valence-corrected chi connectivity index (χ0v) is 20.5. The van der Waals surface area contributed by atoms with E-state index in [2.05, 4.69) is 34.7 Å². The third-order valence-electron chi connectivity index (χ3n) is 4.92. The van der Waals surface area contributed by atoms with Crippen LogP contribution in [-0.2, 0) is 6.54 Å². The van der Waals surface area contributed by atoms with E-state index in [1.54, 1.807) is 23.5 Å². The number of furan rings is 1. The second-order valence-corrected chi connectivity index (χ2v) is 7.86. The molecule has 0 radical (unpaired) electrons. The summed E-state index contributed by atoms with van der Waals surface area (Å²) in [5.41, 5.74) is 2.11. The van der Waals surface area contributed by atoms with Crippen molar-refractivity contribution in [3.63, 3.8) is 0 Å². The first-order valence-corrected chi connectivity index (χ1v) is 11.0. The van der Waals surface area contributed by atoms with Gasteiger partial charge in [0, 0.05) is 43.7 Å². The molecule has 4 rings (SSSR count). The highest BCUT2D eigenvalue weighted by Gasteiger charge is 2.25. The Kier molecular flexibility index (Phi) is 8.47. The van der Waals surface area contributed by atoms with Gasteiger partial charge in [-0.3, -0.25) is 4.79 Å². The lowest BCUT2D eigenvalue weighted by Crippen LogP contribution is -2.53. The average molecular weight is 551 g/mol. The summed E-state index contributed by atoms with van der Waals surface area (Å²) in [5, 5.41) is 6.42. The van der Waals surface area contributed by atoms with Crippen LogP contribution in [0.25, 0.3) is 11.3 Å². The Bertz CT molecular complexity index is 983. The number of aliphatic imine (C=N–C) groups is 1. The molecule has 164 valence electrons. The smallest absolute Gasteiger partial charge is 0.289 e. The largest absolute Gasteiger partial charge is 0.459 e. The summed E-state index contributed by atoms with van der Waals surface area (Å²) < 4.78 is 5.24. The minimum Gasteiger partial charge on any atom is -0.459 e. The molecule has 0 saturated carbocycles. The van der Waals surface area contributed by atoms with Gasteiger partial charge in [0.15, 0.2) is 11.7 Å².